The molecule has 160 valence electrons. The van der Waals surface area contributed by atoms with Crippen molar-refractivity contribution in [2.24, 2.45) is 0 Å². The summed E-state index contributed by atoms with van der Waals surface area (Å²) < 4.78 is 5.02. The normalized spacial score (nSPS) is 13.1. The van der Waals surface area contributed by atoms with E-state index in [4.69, 9.17) is 4.74 Å². The summed E-state index contributed by atoms with van der Waals surface area (Å²) in [6.07, 6.45) is 0.454. The molecule has 2 N–H and O–H groups in total. The Bertz CT molecular complexity index is 999. The lowest BCUT2D eigenvalue weighted by molar-refractivity contribution is -0.139. The predicted octanol–water partition coefficient (Wildman–Crippen LogP) is 2.09. The zero-order valence-electron chi connectivity index (χ0n) is 16.8. The van der Waals surface area contributed by atoms with E-state index in [9.17, 15) is 24.0 Å². The van der Waals surface area contributed by atoms with Crippen LogP contribution in [0.5, 0.6) is 0 Å². The van der Waals surface area contributed by atoms with Crippen molar-refractivity contribution in [2.45, 2.75) is 26.3 Å². The van der Waals surface area contributed by atoms with Gasteiger partial charge in [0.05, 0.1) is 12.1 Å². The van der Waals surface area contributed by atoms with Crippen LogP contribution >= 0.6 is 0 Å². The number of ether oxygens (including phenoxy) is 1. The Hall–Kier alpha value is -4.01. The fraction of sp³-hybridized carbons (Fsp3) is 0.227. The highest BCUT2D eigenvalue weighted by atomic mass is 16.5. The van der Waals surface area contributed by atoms with Crippen LogP contribution in [-0.2, 0) is 30.5 Å². The van der Waals surface area contributed by atoms with Gasteiger partial charge in [0.1, 0.15) is 0 Å². The number of rotatable bonds is 7. The standard InChI is InChI=1S/C22H21N3O6/c1-14(26)23-17-6-8-18(9-7-17)24-19(27)13-31-22(30)16-4-2-15(3-5-16)12-25-20(28)10-11-21(25)29/h2-9H,10-13H2,1H3,(H,23,26)(H,24,27). The summed E-state index contributed by atoms with van der Waals surface area (Å²) in [5, 5.41) is 5.20. The Kier molecular flexibility index (Phi) is 6.76. The first-order valence-electron chi connectivity index (χ1n) is 9.58. The number of hydrogen-bond acceptors (Lipinski definition) is 6. The molecule has 1 fully saturated rings. The maximum atomic E-state index is 12.1. The number of nitrogens with one attached hydrogen (secondary N) is 2. The van der Waals surface area contributed by atoms with Crippen molar-refractivity contribution in [3.8, 4) is 0 Å². The van der Waals surface area contributed by atoms with Gasteiger partial charge in [-0.1, -0.05) is 12.1 Å². The van der Waals surface area contributed by atoms with Crippen LogP contribution in [0.3, 0.4) is 0 Å². The average molecular weight is 423 g/mol. The van der Waals surface area contributed by atoms with Crippen LogP contribution in [0.15, 0.2) is 48.5 Å². The number of likely N-dealkylation sites (tertiary alicyclic amines) is 1. The molecule has 9 nitrogen and oxygen atoms in total. The van der Waals surface area contributed by atoms with E-state index in [-0.39, 0.29) is 42.7 Å². The molecule has 0 bridgehead atoms. The van der Waals surface area contributed by atoms with Gasteiger partial charge in [-0.05, 0) is 42.0 Å². The second-order valence-corrected chi connectivity index (χ2v) is 6.95. The van der Waals surface area contributed by atoms with Crippen LogP contribution in [-0.4, -0.2) is 41.1 Å². The van der Waals surface area contributed by atoms with Gasteiger partial charge in [0.2, 0.25) is 17.7 Å². The minimum absolute atomic E-state index is 0.163. The minimum Gasteiger partial charge on any atom is -0.452 e. The molecule has 4 amide bonds. The molecule has 1 aliphatic rings. The molecule has 0 unspecified atom stereocenters. The first kappa shape index (κ1) is 21.7. The highest BCUT2D eigenvalue weighted by Crippen LogP contribution is 2.17. The van der Waals surface area contributed by atoms with Crippen molar-refractivity contribution < 1.29 is 28.7 Å². The summed E-state index contributed by atoms with van der Waals surface area (Å²) in [6, 6.07) is 12.8. The molecule has 0 aliphatic carbocycles. The molecule has 0 radical (unpaired) electrons. The lowest BCUT2D eigenvalue weighted by Crippen LogP contribution is -2.28. The van der Waals surface area contributed by atoms with E-state index in [1.54, 1.807) is 36.4 Å². The van der Waals surface area contributed by atoms with Crippen molar-refractivity contribution in [3.05, 3.63) is 59.7 Å². The van der Waals surface area contributed by atoms with E-state index in [0.717, 1.165) is 0 Å². The van der Waals surface area contributed by atoms with Crippen LogP contribution in [0.1, 0.15) is 35.7 Å². The van der Waals surface area contributed by atoms with E-state index in [2.05, 4.69) is 10.6 Å². The Balaban J connectivity index is 1.47. The predicted molar refractivity (Wildman–Crippen MR) is 111 cm³/mol. The molecule has 1 saturated heterocycles. The Morgan fingerprint density at radius 3 is 1.97 bits per heavy atom. The lowest BCUT2D eigenvalue weighted by Gasteiger charge is -2.13. The van der Waals surface area contributed by atoms with Gasteiger partial charge >= 0.3 is 5.97 Å². The van der Waals surface area contributed by atoms with Gasteiger partial charge in [-0.3, -0.25) is 24.1 Å². The number of imide groups is 1. The molecular formula is C22H21N3O6. The molecule has 9 heteroatoms. The number of hydrogen-bond donors (Lipinski definition) is 2. The van der Waals surface area contributed by atoms with Gasteiger partial charge in [-0.15, -0.1) is 0 Å². The van der Waals surface area contributed by atoms with Gasteiger partial charge in [0.15, 0.2) is 6.61 Å². The first-order valence-corrected chi connectivity index (χ1v) is 9.58. The molecule has 1 aliphatic heterocycles. The van der Waals surface area contributed by atoms with Crippen LogP contribution < -0.4 is 10.6 Å². The Morgan fingerprint density at radius 1 is 0.871 bits per heavy atom. The molecule has 2 aromatic carbocycles. The molecule has 0 spiro atoms. The van der Waals surface area contributed by atoms with Crippen molar-refractivity contribution in [1.29, 1.82) is 0 Å². The molecule has 1 heterocycles. The fourth-order valence-corrected chi connectivity index (χ4v) is 2.98. The van der Waals surface area contributed by atoms with Crippen LogP contribution in [0.4, 0.5) is 11.4 Å². The van der Waals surface area contributed by atoms with Gasteiger partial charge < -0.3 is 15.4 Å². The number of benzene rings is 2. The first-order chi connectivity index (χ1) is 14.8. The number of carbonyl (C=O) groups excluding carboxylic acids is 5. The maximum absolute atomic E-state index is 12.1. The average Bonchev–Trinajstić information content (AvgIpc) is 3.05. The highest BCUT2D eigenvalue weighted by molar-refractivity contribution is 6.02. The van der Waals surface area contributed by atoms with Crippen molar-refractivity contribution >= 4 is 41.0 Å². The van der Waals surface area contributed by atoms with Crippen LogP contribution in [0.2, 0.25) is 0 Å². The summed E-state index contributed by atoms with van der Waals surface area (Å²) in [5.74, 6) is -1.79. The number of nitrogens with zero attached hydrogens (tertiary/aromatic N) is 1. The quantitative estimate of drug-likeness (QED) is 0.519. The molecule has 0 atom stereocenters. The topological polar surface area (TPSA) is 122 Å². The Morgan fingerprint density at radius 2 is 1.42 bits per heavy atom. The molecule has 2 aromatic rings. The zero-order chi connectivity index (χ0) is 22.4. The number of esters is 1. The second kappa shape index (κ2) is 9.66. The van der Waals surface area contributed by atoms with E-state index >= 15 is 0 Å². The highest BCUT2D eigenvalue weighted by Gasteiger charge is 2.28. The Labute approximate surface area is 178 Å². The van der Waals surface area contributed by atoms with Crippen LogP contribution in [0, 0.1) is 0 Å². The van der Waals surface area contributed by atoms with Crippen molar-refractivity contribution in [2.75, 3.05) is 17.2 Å². The van der Waals surface area contributed by atoms with Gasteiger partial charge in [-0.2, -0.15) is 0 Å². The summed E-state index contributed by atoms with van der Waals surface area (Å²) in [5.41, 5.74) is 2.04. The third-order valence-electron chi connectivity index (χ3n) is 4.51. The summed E-state index contributed by atoms with van der Waals surface area (Å²) >= 11 is 0. The molecular weight excluding hydrogens is 402 g/mol. The van der Waals surface area contributed by atoms with E-state index < -0.39 is 18.5 Å². The lowest BCUT2D eigenvalue weighted by atomic mass is 10.1. The molecule has 3 rings (SSSR count). The third-order valence-corrected chi connectivity index (χ3v) is 4.51. The van der Waals surface area contributed by atoms with E-state index in [1.807, 2.05) is 0 Å². The summed E-state index contributed by atoms with van der Waals surface area (Å²) in [6.45, 7) is 1.09. The van der Waals surface area contributed by atoms with Gasteiger partial charge in [0.25, 0.3) is 5.91 Å². The van der Waals surface area contributed by atoms with Crippen LogP contribution in [0.25, 0.3) is 0 Å². The number of anilines is 2. The number of carbonyl (C=O) groups is 5. The van der Waals surface area contributed by atoms with E-state index in [1.165, 1.54) is 24.0 Å². The number of amides is 4. The maximum Gasteiger partial charge on any atom is 0.338 e. The smallest absolute Gasteiger partial charge is 0.338 e. The fourth-order valence-electron chi connectivity index (χ4n) is 2.98. The summed E-state index contributed by atoms with van der Waals surface area (Å²) in [7, 11) is 0. The SMILES string of the molecule is CC(=O)Nc1ccc(NC(=O)COC(=O)c2ccc(CN3C(=O)CCC3=O)cc2)cc1. The zero-order valence-corrected chi connectivity index (χ0v) is 16.8. The molecule has 0 aromatic heterocycles. The van der Waals surface area contributed by atoms with E-state index in [0.29, 0.717) is 16.9 Å². The summed E-state index contributed by atoms with van der Waals surface area (Å²) in [4.78, 5) is 59.7. The van der Waals surface area contributed by atoms with Crippen molar-refractivity contribution in [1.82, 2.24) is 4.90 Å². The largest absolute Gasteiger partial charge is 0.452 e. The third kappa shape index (κ3) is 5.99. The monoisotopic (exact) mass is 423 g/mol. The molecule has 31 heavy (non-hydrogen) atoms. The second-order valence-electron chi connectivity index (χ2n) is 6.95. The van der Waals surface area contributed by atoms with Crippen molar-refractivity contribution in [3.63, 3.8) is 0 Å². The van der Waals surface area contributed by atoms with Gasteiger partial charge in [0, 0.05) is 31.1 Å². The molecule has 0 saturated carbocycles. The minimum atomic E-state index is -0.670. The van der Waals surface area contributed by atoms with Gasteiger partial charge in [-0.25, -0.2) is 4.79 Å².